The number of nitrogens with zero attached hydrogens (tertiary/aromatic N) is 1. The van der Waals surface area contributed by atoms with Gasteiger partial charge >= 0.3 is 0 Å². The van der Waals surface area contributed by atoms with Crippen LogP contribution < -0.4 is 4.74 Å². The second kappa shape index (κ2) is 8.17. The molecule has 4 rings (SSSR count). The number of hydrogen-bond acceptors (Lipinski definition) is 4. The van der Waals surface area contributed by atoms with Gasteiger partial charge in [-0.1, -0.05) is 37.3 Å². The molecule has 0 aliphatic carbocycles. The van der Waals surface area contributed by atoms with Gasteiger partial charge in [-0.3, -0.25) is 14.5 Å². The molecule has 1 N–H and O–H groups in total. The SMILES string of the molecule is CCSC1=C(c2ccc(OC)cc2)C(=O)N(CCc2c[nH]c3ccccc23)C1=O. The van der Waals surface area contributed by atoms with E-state index < -0.39 is 0 Å². The van der Waals surface area contributed by atoms with E-state index in [-0.39, 0.29) is 11.8 Å². The van der Waals surface area contributed by atoms with Gasteiger partial charge in [0.15, 0.2) is 0 Å². The molecule has 3 aromatic rings. The minimum Gasteiger partial charge on any atom is -0.497 e. The molecule has 2 amide bonds. The van der Waals surface area contributed by atoms with Crippen molar-refractivity contribution in [1.82, 2.24) is 9.88 Å². The Morgan fingerprint density at radius 1 is 1.03 bits per heavy atom. The third kappa shape index (κ3) is 3.56. The van der Waals surface area contributed by atoms with Crippen molar-refractivity contribution < 1.29 is 14.3 Å². The zero-order valence-electron chi connectivity index (χ0n) is 16.4. The fourth-order valence-electron chi connectivity index (χ4n) is 3.62. The van der Waals surface area contributed by atoms with E-state index in [2.05, 4.69) is 4.98 Å². The predicted molar refractivity (Wildman–Crippen MR) is 117 cm³/mol. The molecule has 0 radical (unpaired) electrons. The Kier molecular flexibility index (Phi) is 5.45. The lowest BCUT2D eigenvalue weighted by atomic mass is 10.1. The average molecular weight is 407 g/mol. The summed E-state index contributed by atoms with van der Waals surface area (Å²) in [6.45, 7) is 2.34. The van der Waals surface area contributed by atoms with Crippen LogP contribution in [0.3, 0.4) is 0 Å². The number of aromatic amines is 1. The first-order valence-electron chi connectivity index (χ1n) is 9.56. The molecule has 2 heterocycles. The molecule has 0 unspecified atom stereocenters. The van der Waals surface area contributed by atoms with E-state index in [9.17, 15) is 9.59 Å². The molecule has 0 bridgehead atoms. The first kappa shape index (κ1) is 19.3. The molecule has 148 valence electrons. The minimum atomic E-state index is -0.226. The molecule has 0 spiro atoms. The highest BCUT2D eigenvalue weighted by Gasteiger charge is 2.38. The van der Waals surface area contributed by atoms with E-state index in [1.54, 1.807) is 7.11 Å². The molecule has 0 atom stereocenters. The summed E-state index contributed by atoms with van der Waals surface area (Å²) in [5.41, 5.74) is 3.39. The normalized spacial score (nSPS) is 14.3. The summed E-state index contributed by atoms with van der Waals surface area (Å²) in [5.74, 6) is 1.01. The molecule has 0 saturated carbocycles. The third-order valence-corrected chi connectivity index (χ3v) is 6.03. The molecule has 6 heteroatoms. The highest BCUT2D eigenvalue weighted by molar-refractivity contribution is 8.04. The molecular weight excluding hydrogens is 384 g/mol. The van der Waals surface area contributed by atoms with Gasteiger partial charge in [0.05, 0.1) is 17.6 Å². The molecule has 0 fully saturated rings. The molecule has 1 aromatic heterocycles. The number of hydrogen-bond donors (Lipinski definition) is 1. The van der Waals surface area contributed by atoms with E-state index >= 15 is 0 Å². The van der Waals surface area contributed by atoms with E-state index in [0.29, 0.717) is 29.2 Å². The number of H-pyrrole nitrogens is 1. The Bertz CT molecular complexity index is 1100. The van der Waals surface area contributed by atoms with Crippen LogP contribution in [0.2, 0.25) is 0 Å². The van der Waals surface area contributed by atoms with Crippen LogP contribution >= 0.6 is 11.8 Å². The molecule has 2 aromatic carbocycles. The van der Waals surface area contributed by atoms with Crippen molar-refractivity contribution in [3.63, 3.8) is 0 Å². The number of rotatable bonds is 7. The largest absolute Gasteiger partial charge is 0.497 e. The van der Waals surface area contributed by atoms with Crippen LogP contribution in [0.4, 0.5) is 0 Å². The van der Waals surface area contributed by atoms with Crippen LogP contribution in [-0.4, -0.2) is 41.1 Å². The molecule has 0 saturated heterocycles. The number of imide groups is 1. The number of amides is 2. The predicted octanol–water partition coefficient (Wildman–Crippen LogP) is 4.25. The second-order valence-corrected chi connectivity index (χ2v) is 8.01. The van der Waals surface area contributed by atoms with Crippen LogP contribution in [0.15, 0.2) is 59.6 Å². The maximum Gasteiger partial charge on any atom is 0.267 e. The van der Waals surface area contributed by atoms with Crippen molar-refractivity contribution >= 4 is 40.1 Å². The highest BCUT2D eigenvalue weighted by atomic mass is 32.2. The molecule has 1 aliphatic rings. The minimum absolute atomic E-state index is 0.201. The Morgan fingerprint density at radius 3 is 2.52 bits per heavy atom. The first-order valence-corrected chi connectivity index (χ1v) is 10.5. The van der Waals surface area contributed by atoms with Crippen LogP contribution in [0.25, 0.3) is 16.5 Å². The van der Waals surface area contributed by atoms with Gasteiger partial charge in [0, 0.05) is 23.6 Å². The van der Waals surface area contributed by atoms with Crippen LogP contribution in [0.1, 0.15) is 18.1 Å². The van der Waals surface area contributed by atoms with Gasteiger partial charge in [-0.25, -0.2) is 0 Å². The summed E-state index contributed by atoms with van der Waals surface area (Å²) in [4.78, 5) is 31.4. The van der Waals surface area contributed by atoms with Gasteiger partial charge in [0.2, 0.25) is 0 Å². The number of para-hydroxylation sites is 1. The fourth-order valence-corrected chi connectivity index (χ4v) is 4.49. The van der Waals surface area contributed by atoms with Crippen molar-refractivity contribution in [2.45, 2.75) is 13.3 Å². The van der Waals surface area contributed by atoms with Gasteiger partial charge in [-0.05, 0) is 41.5 Å². The van der Waals surface area contributed by atoms with Gasteiger partial charge in [0.25, 0.3) is 11.8 Å². The van der Waals surface area contributed by atoms with Crippen LogP contribution in [-0.2, 0) is 16.0 Å². The Labute approximate surface area is 173 Å². The monoisotopic (exact) mass is 406 g/mol. The lowest BCUT2D eigenvalue weighted by Crippen LogP contribution is -2.33. The fraction of sp³-hybridized carbons (Fsp3) is 0.217. The number of carbonyl (C=O) groups is 2. The topological polar surface area (TPSA) is 62.4 Å². The highest BCUT2D eigenvalue weighted by Crippen LogP contribution is 2.36. The lowest BCUT2D eigenvalue weighted by Gasteiger charge is -2.15. The average Bonchev–Trinajstić information content (AvgIpc) is 3.26. The molecule has 5 nitrogen and oxygen atoms in total. The van der Waals surface area contributed by atoms with Gasteiger partial charge in [-0.15, -0.1) is 11.8 Å². The zero-order valence-corrected chi connectivity index (χ0v) is 17.2. The first-order chi connectivity index (χ1) is 14.1. The number of ether oxygens (including phenoxy) is 1. The van der Waals surface area contributed by atoms with E-state index in [1.807, 2.05) is 61.7 Å². The van der Waals surface area contributed by atoms with Crippen molar-refractivity contribution in [3.05, 3.63) is 70.8 Å². The second-order valence-electron chi connectivity index (χ2n) is 6.74. The van der Waals surface area contributed by atoms with E-state index in [1.165, 1.54) is 16.7 Å². The number of methoxy groups -OCH3 is 1. The lowest BCUT2D eigenvalue weighted by molar-refractivity contribution is -0.136. The zero-order chi connectivity index (χ0) is 20.4. The summed E-state index contributed by atoms with van der Waals surface area (Å²) in [7, 11) is 1.60. The number of nitrogens with one attached hydrogen (secondary N) is 1. The summed E-state index contributed by atoms with van der Waals surface area (Å²) in [6, 6.07) is 15.3. The smallest absolute Gasteiger partial charge is 0.267 e. The summed E-state index contributed by atoms with van der Waals surface area (Å²) in [5, 5.41) is 1.12. The van der Waals surface area contributed by atoms with Crippen LogP contribution in [0.5, 0.6) is 5.75 Å². The standard InChI is InChI=1S/C23H22N2O3S/c1-3-29-21-20(15-8-10-17(28-2)11-9-15)22(26)25(23(21)27)13-12-16-14-24-19-7-5-4-6-18(16)19/h4-11,14,24H,3,12-13H2,1-2H3. The maximum atomic E-state index is 13.2. The van der Waals surface area contributed by atoms with Crippen molar-refractivity contribution in [1.29, 1.82) is 0 Å². The number of benzene rings is 2. The van der Waals surface area contributed by atoms with E-state index in [0.717, 1.165) is 27.8 Å². The Balaban J connectivity index is 1.59. The van der Waals surface area contributed by atoms with Crippen molar-refractivity contribution in [2.75, 3.05) is 19.4 Å². The van der Waals surface area contributed by atoms with Crippen molar-refractivity contribution in [2.24, 2.45) is 0 Å². The van der Waals surface area contributed by atoms with Gasteiger partial charge in [0.1, 0.15) is 5.75 Å². The quantitative estimate of drug-likeness (QED) is 0.596. The number of carbonyl (C=O) groups excluding carboxylic acids is 2. The van der Waals surface area contributed by atoms with Crippen molar-refractivity contribution in [3.8, 4) is 5.75 Å². The van der Waals surface area contributed by atoms with E-state index in [4.69, 9.17) is 4.74 Å². The Hall–Kier alpha value is -2.99. The summed E-state index contributed by atoms with van der Waals surface area (Å²) < 4.78 is 5.20. The number of thioether (sulfide) groups is 1. The molecule has 29 heavy (non-hydrogen) atoms. The summed E-state index contributed by atoms with van der Waals surface area (Å²) >= 11 is 1.42. The van der Waals surface area contributed by atoms with Crippen LogP contribution in [0, 0.1) is 0 Å². The van der Waals surface area contributed by atoms with Gasteiger partial charge in [-0.2, -0.15) is 0 Å². The molecular formula is C23H22N2O3S. The number of aromatic nitrogens is 1. The summed E-state index contributed by atoms with van der Waals surface area (Å²) in [6.07, 6.45) is 2.57. The van der Waals surface area contributed by atoms with Gasteiger partial charge < -0.3 is 9.72 Å². The third-order valence-electron chi connectivity index (χ3n) is 5.07. The maximum absolute atomic E-state index is 13.2. The molecule has 1 aliphatic heterocycles. The Morgan fingerprint density at radius 2 is 1.79 bits per heavy atom. The number of fused-ring (bicyclic) bond motifs is 1.